The van der Waals surface area contributed by atoms with Crippen LogP contribution < -0.4 is 10.6 Å². The maximum Gasteiger partial charge on any atom is 0.259 e. The Labute approximate surface area is 115 Å². The molecule has 0 aromatic heterocycles. The molecule has 1 heterocycles. The first-order valence-electron chi connectivity index (χ1n) is 5.55. The third kappa shape index (κ3) is 2.93. The predicted octanol–water partition coefficient (Wildman–Crippen LogP) is 0.540. The molecule has 0 atom stereocenters. The van der Waals surface area contributed by atoms with Crippen molar-refractivity contribution in [3.05, 3.63) is 28.8 Å². The van der Waals surface area contributed by atoms with E-state index in [1.807, 2.05) is 0 Å². The molecule has 1 aliphatic rings. The van der Waals surface area contributed by atoms with Gasteiger partial charge in [0.25, 0.3) is 11.8 Å². The van der Waals surface area contributed by atoms with Gasteiger partial charge in [0.2, 0.25) is 0 Å². The molecule has 98 valence electrons. The monoisotopic (exact) mass is 278 g/mol. The molecule has 19 heavy (non-hydrogen) atoms. The van der Waals surface area contributed by atoms with Crippen LogP contribution >= 0.6 is 11.6 Å². The van der Waals surface area contributed by atoms with Gasteiger partial charge in [-0.25, -0.2) is 4.90 Å². The minimum absolute atomic E-state index is 0.138. The van der Waals surface area contributed by atoms with Gasteiger partial charge in [-0.15, -0.1) is 0 Å². The molecule has 6 heteroatoms. The lowest BCUT2D eigenvalue weighted by molar-refractivity contribution is -0.138. The standard InChI is InChI=1S/C13H11ClN2O3/c14-10-4-3-9(2-1-5-15)6-11(10)16-12(17)7-19-8-13(16)18/h3-4,6H,5,7-8,15H2. The fourth-order valence-electron chi connectivity index (χ4n) is 1.68. The Morgan fingerprint density at radius 3 is 2.63 bits per heavy atom. The number of hydrogen-bond acceptors (Lipinski definition) is 4. The molecule has 0 bridgehead atoms. The van der Waals surface area contributed by atoms with Crippen molar-refractivity contribution in [3.63, 3.8) is 0 Å². The Balaban J connectivity index is 2.42. The van der Waals surface area contributed by atoms with Crippen LogP contribution in [0.2, 0.25) is 5.02 Å². The smallest absolute Gasteiger partial charge is 0.259 e. The number of amides is 2. The fraction of sp³-hybridized carbons (Fsp3) is 0.231. The molecule has 0 saturated carbocycles. The van der Waals surface area contributed by atoms with Crippen molar-refractivity contribution in [2.75, 3.05) is 24.7 Å². The van der Waals surface area contributed by atoms with E-state index in [1.54, 1.807) is 18.2 Å². The zero-order chi connectivity index (χ0) is 13.8. The lowest BCUT2D eigenvalue weighted by Crippen LogP contribution is -2.46. The number of halogens is 1. The minimum Gasteiger partial charge on any atom is -0.362 e. The van der Waals surface area contributed by atoms with E-state index in [4.69, 9.17) is 22.1 Å². The minimum atomic E-state index is -0.443. The van der Waals surface area contributed by atoms with Crippen LogP contribution in [0.5, 0.6) is 0 Å². The number of nitrogens with zero attached hydrogens (tertiary/aromatic N) is 1. The first-order chi connectivity index (χ1) is 9.13. The number of morpholine rings is 1. The molecule has 0 radical (unpaired) electrons. The molecule has 2 rings (SSSR count). The van der Waals surface area contributed by atoms with Gasteiger partial charge in [0.05, 0.1) is 17.3 Å². The van der Waals surface area contributed by atoms with Crippen LogP contribution in [-0.2, 0) is 14.3 Å². The van der Waals surface area contributed by atoms with Crippen LogP contribution in [0, 0.1) is 11.8 Å². The van der Waals surface area contributed by atoms with Gasteiger partial charge in [-0.2, -0.15) is 0 Å². The van der Waals surface area contributed by atoms with Crippen LogP contribution in [0.25, 0.3) is 0 Å². The van der Waals surface area contributed by atoms with E-state index >= 15 is 0 Å². The fourth-order valence-corrected chi connectivity index (χ4v) is 1.88. The normalized spacial score (nSPS) is 15.2. The van der Waals surface area contributed by atoms with Crippen molar-refractivity contribution in [2.45, 2.75) is 0 Å². The SMILES string of the molecule is NCC#Cc1ccc(Cl)c(N2C(=O)COCC2=O)c1. The lowest BCUT2D eigenvalue weighted by atomic mass is 10.1. The molecule has 1 aromatic rings. The van der Waals surface area contributed by atoms with Crippen molar-refractivity contribution in [1.29, 1.82) is 0 Å². The summed E-state index contributed by atoms with van der Waals surface area (Å²) in [7, 11) is 0. The summed E-state index contributed by atoms with van der Waals surface area (Å²) in [6, 6.07) is 4.88. The number of nitrogens with two attached hydrogens (primary N) is 1. The van der Waals surface area contributed by atoms with Gasteiger partial charge in [-0.05, 0) is 18.2 Å². The first-order valence-corrected chi connectivity index (χ1v) is 5.93. The number of carbonyl (C=O) groups is 2. The Bertz CT molecular complexity index is 573. The van der Waals surface area contributed by atoms with Crippen molar-refractivity contribution >= 4 is 29.1 Å². The maximum absolute atomic E-state index is 11.7. The Morgan fingerprint density at radius 2 is 2.00 bits per heavy atom. The van der Waals surface area contributed by atoms with Gasteiger partial charge in [0.15, 0.2) is 0 Å². The number of benzene rings is 1. The summed E-state index contributed by atoms with van der Waals surface area (Å²) in [6.07, 6.45) is 0. The Kier molecular flexibility index (Phi) is 4.17. The van der Waals surface area contributed by atoms with E-state index in [2.05, 4.69) is 11.8 Å². The maximum atomic E-state index is 11.7. The zero-order valence-electron chi connectivity index (χ0n) is 9.98. The van der Waals surface area contributed by atoms with Gasteiger partial charge in [-0.3, -0.25) is 9.59 Å². The molecule has 1 saturated heterocycles. The van der Waals surface area contributed by atoms with Gasteiger partial charge in [-0.1, -0.05) is 23.4 Å². The summed E-state index contributed by atoms with van der Waals surface area (Å²) in [5, 5.41) is 0.307. The van der Waals surface area contributed by atoms with E-state index in [0.29, 0.717) is 16.3 Å². The van der Waals surface area contributed by atoms with Crippen molar-refractivity contribution < 1.29 is 14.3 Å². The second-order valence-electron chi connectivity index (χ2n) is 3.79. The highest BCUT2D eigenvalue weighted by Gasteiger charge is 2.29. The predicted molar refractivity (Wildman–Crippen MR) is 70.7 cm³/mol. The summed E-state index contributed by atoms with van der Waals surface area (Å²) in [5.74, 6) is 4.64. The first kappa shape index (κ1) is 13.6. The molecule has 0 spiro atoms. The number of imide groups is 1. The molecular formula is C13H11ClN2O3. The van der Waals surface area contributed by atoms with Crippen molar-refractivity contribution in [1.82, 2.24) is 0 Å². The summed E-state index contributed by atoms with van der Waals surface area (Å²) in [5.41, 5.74) is 6.26. The summed E-state index contributed by atoms with van der Waals surface area (Å²) in [6.45, 7) is -0.0467. The summed E-state index contributed by atoms with van der Waals surface area (Å²) in [4.78, 5) is 24.5. The molecule has 0 aliphatic carbocycles. The van der Waals surface area contributed by atoms with Crippen molar-refractivity contribution in [2.24, 2.45) is 5.73 Å². The average molecular weight is 279 g/mol. The molecule has 1 aliphatic heterocycles. The van der Waals surface area contributed by atoms with Gasteiger partial charge >= 0.3 is 0 Å². The number of hydrogen-bond donors (Lipinski definition) is 1. The molecule has 2 amide bonds. The van der Waals surface area contributed by atoms with Gasteiger partial charge in [0, 0.05) is 5.56 Å². The molecule has 0 unspecified atom stereocenters. The Hall–Kier alpha value is -1.87. The average Bonchev–Trinajstić information content (AvgIpc) is 2.39. The quantitative estimate of drug-likeness (QED) is 0.601. The van der Waals surface area contributed by atoms with E-state index < -0.39 is 11.8 Å². The van der Waals surface area contributed by atoms with Crippen LogP contribution in [0.1, 0.15) is 5.56 Å². The zero-order valence-corrected chi connectivity index (χ0v) is 10.7. The number of carbonyl (C=O) groups excluding carboxylic acids is 2. The van der Waals surface area contributed by atoms with E-state index in [9.17, 15) is 9.59 Å². The third-order valence-electron chi connectivity index (χ3n) is 2.47. The number of anilines is 1. The number of ether oxygens (including phenoxy) is 1. The molecule has 1 aromatic carbocycles. The molecule has 2 N–H and O–H groups in total. The second-order valence-corrected chi connectivity index (χ2v) is 4.19. The summed E-state index contributed by atoms with van der Waals surface area (Å²) >= 11 is 6.03. The van der Waals surface area contributed by atoms with Crippen LogP contribution in [0.4, 0.5) is 5.69 Å². The molecule has 1 fully saturated rings. The highest BCUT2D eigenvalue weighted by molar-refractivity contribution is 6.35. The number of rotatable bonds is 1. The van der Waals surface area contributed by atoms with Gasteiger partial charge < -0.3 is 10.5 Å². The Morgan fingerprint density at radius 1 is 1.32 bits per heavy atom. The topological polar surface area (TPSA) is 72.6 Å². The van der Waals surface area contributed by atoms with Crippen LogP contribution in [0.15, 0.2) is 18.2 Å². The third-order valence-corrected chi connectivity index (χ3v) is 2.79. The van der Waals surface area contributed by atoms with E-state index in [0.717, 1.165) is 4.90 Å². The van der Waals surface area contributed by atoms with Gasteiger partial charge in [0.1, 0.15) is 13.2 Å². The molecular weight excluding hydrogens is 268 g/mol. The van der Waals surface area contributed by atoms with Crippen LogP contribution in [-0.4, -0.2) is 31.6 Å². The van der Waals surface area contributed by atoms with E-state index in [1.165, 1.54) is 0 Å². The highest BCUT2D eigenvalue weighted by atomic mass is 35.5. The summed E-state index contributed by atoms with van der Waals surface area (Å²) < 4.78 is 4.85. The van der Waals surface area contributed by atoms with Crippen LogP contribution in [0.3, 0.4) is 0 Å². The van der Waals surface area contributed by atoms with Crippen molar-refractivity contribution in [3.8, 4) is 11.8 Å². The van der Waals surface area contributed by atoms with E-state index in [-0.39, 0.29) is 19.8 Å². The highest BCUT2D eigenvalue weighted by Crippen LogP contribution is 2.28. The molecule has 5 nitrogen and oxygen atoms in total. The second kappa shape index (κ2) is 5.85. The largest absolute Gasteiger partial charge is 0.362 e. The lowest BCUT2D eigenvalue weighted by Gasteiger charge is -2.25.